The third kappa shape index (κ3) is 3.77. The van der Waals surface area contributed by atoms with Crippen LogP contribution in [0.2, 0.25) is 0 Å². The number of aliphatic hydroxyl groups excluding tert-OH is 1. The van der Waals surface area contributed by atoms with Gasteiger partial charge in [0, 0.05) is 25.4 Å². The minimum absolute atomic E-state index is 0.256. The molecule has 0 aliphatic carbocycles. The minimum atomic E-state index is 0.256. The van der Waals surface area contributed by atoms with E-state index in [-0.39, 0.29) is 6.61 Å². The molecule has 0 amide bonds. The highest BCUT2D eigenvalue weighted by molar-refractivity contribution is 5.39. The normalized spacial score (nSPS) is 10.8. The Morgan fingerprint density at radius 2 is 1.93 bits per heavy atom. The smallest absolute Gasteiger partial charge is 0.0443 e. The Morgan fingerprint density at radius 1 is 1.29 bits per heavy atom. The van der Waals surface area contributed by atoms with Crippen molar-refractivity contribution in [3.63, 3.8) is 0 Å². The number of aliphatic hydroxyl groups is 1. The molecule has 0 saturated carbocycles. The molecule has 0 fully saturated rings. The quantitative estimate of drug-likeness (QED) is 0.690. The van der Waals surface area contributed by atoms with E-state index in [0.717, 1.165) is 25.2 Å². The van der Waals surface area contributed by atoms with Gasteiger partial charge in [0.2, 0.25) is 0 Å². The number of rotatable bonds is 5. The van der Waals surface area contributed by atoms with Gasteiger partial charge in [-0.1, -0.05) is 12.1 Å². The van der Waals surface area contributed by atoms with Crippen LogP contribution >= 0.6 is 0 Å². The van der Waals surface area contributed by atoms with Crippen LogP contribution in [0.5, 0.6) is 0 Å². The molecule has 0 heterocycles. The molecule has 0 saturated heterocycles. The van der Waals surface area contributed by atoms with Crippen LogP contribution in [0.3, 0.4) is 0 Å². The molecule has 78 valence electrons. The van der Waals surface area contributed by atoms with Gasteiger partial charge in [-0.2, -0.15) is 0 Å². The summed E-state index contributed by atoms with van der Waals surface area (Å²) in [6, 6.07) is 7.89. The summed E-state index contributed by atoms with van der Waals surface area (Å²) in [4.78, 5) is 2.18. The van der Waals surface area contributed by atoms with Crippen molar-refractivity contribution in [1.82, 2.24) is 4.90 Å². The van der Waals surface area contributed by atoms with Gasteiger partial charge in [0.25, 0.3) is 0 Å². The molecule has 0 unspecified atom stereocenters. The summed E-state index contributed by atoms with van der Waals surface area (Å²) in [7, 11) is 2.05. The topological polar surface area (TPSA) is 49.5 Å². The number of hydrogen-bond acceptors (Lipinski definition) is 3. The zero-order valence-corrected chi connectivity index (χ0v) is 8.61. The number of nitrogen functional groups attached to an aromatic ring is 1. The van der Waals surface area contributed by atoms with E-state index >= 15 is 0 Å². The molecule has 0 spiro atoms. The summed E-state index contributed by atoms with van der Waals surface area (Å²) in [5.41, 5.74) is 7.64. The number of anilines is 1. The molecule has 1 aromatic carbocycles. The van der Waals surface area contributed by atoms with E-state index in [2.05, 4.69) is 4.90 Å². The van der Waals surface area contributed by atoms with Gasteiger partial charge in [-0.05, 0) is 31.2 Å². The Morgan fingerprint density at radius 3 is 2.50 bits per heavy atom. The van der Waals surface area contributed by atoms with Crippen LogP contribution in [-0.2, 0) is 6.54 Å². The fourth-order valence-corrected chi connectivity index (χ4v) is 1.35. The van der Waals surface area contributed by atoms with E-state index in [1.807, 2.05) is 31.3 Å². The lowest BCUT2D eigenvalue weighted by Gasteiger charge is -2.15. The predicted molar refractivity (Wildman–Crippen MR) is 58.9 cm³/mol. The maximum atomic E-state index is 8.67. The summed E-state index contributed by atoms with van der Waals surface area (Å²) in [5.74, 6) is 0. The van der Waals surface area contributed by atoms with E-state index in [1.54, 1.807) is 0 Å². The van der Waals surface area contributed by atoms with Crippen molar-refractivity contribution in [1.29, 1.82) is 0 Å². The lowest BCUT2D eigenvalue weighted by Crippen LogP contribution is -2.19. The molecular weight excluding hydrogens is 176 g/mol. The van der Waals surface area contributed by atoms with Gasteiger partial charge in [-0.25, -0.2) is 0 Å². The number of nitrogens with zero attached hydrogens (tertiary/aromatic N) is 1. The standard InChI is InChI=1S/C11H18N2O/c1-13(7-2-8-14)9-10-3-5-11(12)6-4-10/h3-6,14H,2,7-9,12H2,1H3. The fraction of sp³-hybridized carbons (Fsp3) is 0.455. The molecular formula is C11H18N2O. The first kappa shape index (κ1) is 11.0. The van der Waals surface area contributed by atoms with Crippen molar-refractivity contribution in [3.8, 4) is 0 Å². The van der Waals surface area contributed by atoms with Crippen molar-refractivity contribution in [3.05, 3.63) is 29.8 Å². The van der Waals surface area contributed by atoms with Crippen molar-refractivity contribution in [2.24, 2.45) is 0 Å². The lowest BCUT2D eigenvalue weighted by molar-refractivity contribution is 0.244. The monoisotopic (exact) mass is 194 g/mol. The first-order valence-corrected chi connectivity index (χ1v) is 4.86. The van der Waals surface area contributed by atoms with Gasteiger partial charge in [-0.15, -0.1) is 0 Å². The van der Waals surface area contributed by atoms with Crippen LogP contribution in [0, 0.1) is 0 Å². The molecule has 1 rings (SSSR count). The highest BCUT2D eigenvalue weighted by Crippen LogP contribution is 2.07. The molecule has 3 heteroatoms. The van der Waals surface area contributed by atoms with Gasteiger partial charge in [-0.3, -0.25) is 0 Å². The molecule has 14 heavy (non-hydrogen) atoms. The molecule has 3 N–H and O–H groups in total. The van der Waals surface area contributed by atoms with Crippen LogP contribution in [-0.4, -0.2) is 30.2 Å². The van der Waals surface area contributed by atoms with Gasteiger partial charge in [0.15, 0.2) is 0 Å². The van der Waals surface area contributed by atoms with Gasteiger partial charge in [0.1, 0.15) is 0 Å². The zero-order valence-electron chi connectivity index (χ0n) is 8.61. The summed E-state index contributed by atoms with van der Waals surface area (Å²) < 4.78 is 0. The second-order valence-corrected chi connectivity index (χ2v) is 3.56. The van der Waals surface area contributed by atoms with E-state index in [1.165, 1.54) is 5.56 Å². The van der Waals surface area contributed by atoms with Gasteiger partial charge in [0.05, 0.1) is 0 Å². The minimum Gasteiger partial charge on any atom is -0.399 e. The Balaban J connectivity index is 2.39. The third-order valence-corrected chi connectivity index (χ3v) is 2.13. The summed E-state index contributed by atoms with van der Waals surface area (Å²) in [6.45, 7) is 2.08. The second kappa shape index (κ2) is 5.62. The first-order valence-electron chi connectivity index (χ1n) is 4.86. The molecule has 0 aliphatic heterocycles. The van der Waals surface area contributed by atoms with Crippen LogP contribution in [0.15, 0.2) is 24.3 Å². The Bertz CT molecular complexity index is 258. The van der Waals surface area contributed by atoms with E-state index in [0.29, 0.717) is 0 Å². The van der Waals surface area contributed by atoms with Gasteiger partial charge < -0.3 is 15.7 Å². The molecule has 0 bridgehead atoms. The van der Waals surface area contributed by atoms with E-state index < -0.39 is 0 Å². The SMILES string of the molecule is CN(CCCO)Cc1ccc(N)cc1. The third-order valence-electron chi connectivity index (χ3n) is 2.13. The first-order chi connectivity index (χ1) is 6.72. The van der Waals surface area contributed by atoms with Crippen molar-refractivity contribution < 1.29 is 5.11 Å². The van der Waals surface area contributed by atoms with Crippen LogP contribution in [0.1, 0.15) is 12.0 Å². The summed E-state index contributed by atoms with van der Waals surface area (Å²) in [6.07, 6.45) is 0.825. The summed E-state index contributed by atoms with van der Waals surface area (Å²) >= 11 is 0. The number of hydrogen-bond donors (Lipinski definition) is 2. The average Bonchev–Trinajstić information content (AvgIpc) is 2.18. The van der Waals surface area contributed by atoms with E-state index in [4.69, 9.17) is 10.8 Å². The maximum Gasteiger partial charge on any atom is 0.0443 e. The lowest BCUT2D eigenvalue weighted by atomic mass is 10.2. The molecule has 0 atom stereocenters. The highest BCUT2D eigenvalue weighted by Gasteiger charge is 1.99. The number of benzene rings is 1. The molecule has 0 aliphatic rings. The van der Waals surface area contributed by atoms with Gasteiger partial charge >= 0.3 is 0 Å². The average molecular weight is 194 g/mol. The molecule has 0 radical (unpaired) electrons. The fourth-order valence-electron chi connectivity index (χ4n) is 1.35. The Kier molecular flexibility index (Phi) is 4.43. The zero-order chi connectivity index (χ0) is 10.4. The maximum absolute atomic E-state index is 8.67. The van der Waals surface area contributed by atoms with Crippen molar-refractivity contribution >= 4 is 5.69 Å². The Hall–Kier alpha value is -1.06. The molecule has 1 aromatic rings. The summed E-state index contributed by atoms with van der Waals surface area (Å²) in [5, 5.41) is 8.67. The number of nitrogens with two attached hydrogens (primary N) is 1. The van der Waals surface area contributed by atoms with Crippen LogP contribution in [0.25, 0.3) is 0 Å². The van der Waals surface area contributed by atoms with E-state index in [9.17, 15) is 0 Å². The van der Waals surface area contributed by atoms with Crippen molar-refractivity contribution in [2.45, 2.75) is 13.0 Å². The second-order valence-electron chi connectivity index (χ2n) is 3.56. The highest BCUT2D eigenvalue weighted by atomic mass is 16.3. The van der Waals surface area contributed by atoms with Crippen LogP contribution in [0.4, 0.5) is 5.69 Å². The van der Waals surface area contributed by atoms with Crippen LogP contribution < -0.4 is 5.73 Å². The largest absolute Gasteiger partial charge is 0.399 e. The molecule has 3 nitrogen and oxygen atoms in total. The Labute approximate surface area is 85.2 Å². The van der Waals surface area contributed by atoms with Crippen molar-refractivity contribution in [2.75, 3.05) is 25.9 Å². The predicted octanol–water partition coefficient (Wildman–Crippen LogP) is 1.08. The molecule has 0 aromatic heterocycles.